The summed E-state index contributed by atoms with van der Waals surface area (Å²) >= 11 is 5.64. The lowest BCUT2D eigenvalue weighted by Gasteiger charge is -2.22. The van der Waals surface area contributed by atoms with Crippen LogP contribution in [0.2, 0.25) is 0 Å². The summed E-state index contributed by atoms with van der Waals surface area (Å²) in [6.07, 6.45) is 0. The molecule has 0 aliphatic carbocycles. The minimum Gasteiger partial charge on any atom is -0.479 e. The number of aromatic nitrogens is 2. The molecule has 0 spiro atoms. The number of aryl methyl sites for hydroxylation is 2. The molecule has 0 aliphatic heterocycles. The zero-order valence-corrected chi connectivity index (χ0v) is 14.2. The summed E-state index contributed by atoms with van der Waals surface area (Å²) in [6.45, 7) is 3.01. The molecule has 0 saturated carbocycles. The van der Waals surface area contributed by atoms with Crippen molar-refractivity contribution in [2.24, 2.45) is 0 Å². The summed E-state index contributed by atoms with van der Waals surface area (Å²) in [5.41, 5.74) is 0.975. The summed E-state index contributed by atoms with van der Waals surface area (Å²) in [6, 6.07) is 4.59. The van der Waals surface area contributed by atoms with Crippen molar-refractivity contribution in [3.8, 4) is 5.88 Å². The zero-order chi connectivity index (χ0) is 17.9. The van der Waals surface area contributed by atoms with Crippen molar-refractivity contribution in [3.63, 3.8) is 0 Å². The molecule has 0 saturated heterocycles. The van der Waals surface area contributed by atoms with Gasteiger partial charge in [0.1, 0.15) is 11.7 Å². The molecule has 1 aromatic carbocycles. The molecule has 2 rings (SSSR count). The van der Waals surface area contributed by atoms with E-state index in [-0.39, 0.29) is 29.9 Å². The number of carbonyl (C=O) groups is 1. The van der Waals surface area contributed by atoms with Crippen molar-refractivity contribution in [3.05, 3.63) is 46.7 Å². The maximum Gasteiger partial charge on any atom is 0.255 e. The number of hydrogen-bond donors (Lipinski definition) is 0. The summed E-state index contributed by atoms with van der Waals surface area (Å²) in [7, 11) is 1.25. The highest BCUT2D eigenvalue weighted by molar-refractivity contribution is 6.29. The maximum absolute atomic E-state index is 14.1. The fourth-order valence-corrected chi connectivity index (χ4v) is 2.29. The maximum atomic E-state index is 14.1. The third-order valence-electron chi connectivity index (χ3n) is 3.49. The van der Waals surface area contributed by atoms with E-state index >= 15 is 0 Å². The molecule has 0 aliphatic rings. The van der Waals surface area contributed by atoms with Crippen LogP contribution in [0.3, 0.4) is 0 Å². The van der Waals surface area contributed by atoms with Gasteiger partial charge in [-0.05, 0) is 25.5 Å². The normalized spacial score (nSPS) is 10.6. The van der Waals surface area contributed by atoms with E-state index < -0.39 is 17.5 Å². The van der Waals surface area contributed by atoms with Gasteiger partial charge in [-0.2, -0.15) is 9.37 Å². The van der Waals surface area contributed by atoms with Crippen LogP contribution >= 0.6 is 11.6 Å². The standard InChI is InChI=1S/C16H16ClF2N3O2/c1-9-5-4-6-12(18)11(9)8-22(13(23)7-17)16-20-10(2)14(19)15(21-16)24-3/h4-6H,7-8H2,1-3H3. The molecule has 8 heteroatoms. The molecule has 128 valence electrons. The number of benzene rings is 1. The van der Waals surface area contributed by atoms with Gasteiger partial charge < -0.3 is 4.74 Å². The van der Waals surface area contributed by atoms with E-state index in [2.05, 4.69) is 9.97 Å². The predicted octanol–water partition coefficient (Wildman–Crippen LogP) is 3.15. The molecule has 5 nitrogen and oxygen atoms in total. The Balaban J connectivity index is 2.51. The largest absolute Gasteiger partial charge is 0.479 e. The lowest BCUT2D eigenvalue weighted by Crippen LogP contribution is -2.34. The van der Waals surface area contributed by atoms with Gasteiger partial charge in [0.15, 0.2) is 0 Å². The average Bonchev–Trinajstić information content (AvgIpc) is 2.56. The van der Waals surface area contributed by atoms with Gasteiger partial charge in [0.2, 0.25) is 17.7 Å². The predicted molar refractivity (Wildman–Crippen MR) is 86.3 cm³/mol. The lowest BCUT2D eigenvalue weighted by atomic mass is 10.1. The van der Waals surface area contributed by atoms with Crippen molar-refractivity contribution < 1.29 is 18.3 Å². The minimum atomic E-state index is -0.721. The van der Waals surface area contributed by atoms with Crippen LogP contribution in [0.1, 0.15) is 16.8 Å². The topological polar surface area (TPSA) is 55.3 Å². The first kappa shape index (κ1) is 18.1. The second-order valence-electron chi connectivity index (χ2n) is 5.08. The first-order valence-corrected chi connectivity index (χ1v) is 7.61. The second-order valence-corrected chi connectivity index (χ2v) is 5.35. The molecular weight excluding hydrogens is 340 g/mol. The summed E-state index contributed by atoms with van der Waals surface area (Å²) < 4.78 is 32.8. The van der Waals surface area contributed by atoms with Crippen LogP contribution in [0.4, 0.5) is 14.7 Å². The number of alkyl halides is 1. The molecular formula is C16H16ClF2N3O2. The van der Waals surface area contributed by atoms with Crippen LogP contribution in [-0.2, 0) is 11.3 Å². The Bertz CT molecular complexity index is 751. The number of halogens is 3. The average molecular weight is 356 g/mol. The molecule has 0 N–H and O–H groups in total. The van der Waals surface area contributed by atoms with Crippen LogP contribution in [0, 0.1) is 25.5 Å². The lowest BCUT2D eigenvalue weighted by molar-refractivity contribution is -0.116. The van der Waals surface area contributed by atoms with Gasteiger partial charge in [-0.3, -0.25) is 9.69 Å². The molecule has 0 unspecified atom stereocenters. The molecule has 0 atom stereocenters. The van der Waals surface area contributed by atoms with Gasteiger partial charge in [-0.25, -0.2) is 9.37 Å². The highest BCUT2D eigenvalue weighted by Crippen LogP contribution is 2.23. The number of ether oxygens (including phenoxy) is 1. The number of methoxy groups -OCH3 is 1. The Morgan fingerprint density at radius 1 is 1.29 bits per heavy atom. The molecule has 0 fully saturated rings. The van der Waals surface area contributed by atoms with Crippen molar-refractivity contribution in [1.29, 1.82) is 0 Å². The Hall–Kier alpha value is -2.28. The third-order valence-corrected chi connectivity index (χ3v) is 3.72. The van der Waals surface area contributed by atoms with Crippen LogP contribution in [0.5, 0.6) is 5.88 Å². The van der Waals surface area contributed by atoms with Crippen LogP contribution in [0.25, 0.3) is 0 Å². The number of anilines is 1. The van der Waals surface area contributed by atoms with E-state index in [9.17, 15) is 13.6 Å². The van der Waals surface area contributed by atoms with E-state index in [0.717, 1.165) is 4.90 Å². The third kappa shape index (κ3) is 3.62. The van der Waals surface area contributed by atoms with Crippen LogP contribution in [-0.4, -0.2) is 28.9 Å². The van der Waals surface area contributed by atoms with Gasteiger partial charge in [0, 0.05) is 5.56 Å². The first-order chi connectivity index (χ1) is 11.4. The number of nitrogens with zero attached hydrogens (tertiary/aromatic N) is 3. The Morgan fingerprint density at radius 2 is 2.00 bits per heavy atom. The SMILES string of the molecule is COc1nc(N(Cc2c(C)cccc2F)C(=O)CCl)nc(C)c1F. The Kier molecular flexibility index (Phi) is 5.66. The molecule has 24 heavy (non-hydrogen) atoms. The van der Waals surface area contributed by atoms with Crippen molar-refractivity contribution in [1.82, 2.24) is 9.97 Å². The highest BCUT2D eigenvalue weighted by atomic mass is 35.5. The van der Waals surface area contributed by atoms with E-state index in [1.807, 2.05) is 0 Å². The molecule has 2 aromatic rings. The quantitative estimate of drug-likeness (QED) is 0.773. The van der Waals surface area contributed by atoms with Gasteiger partial charge in [-0.15, -0.1) is 11.6 Å². The van der Waals surface area contributed by atoms with E-state index in [0.29, 0.717) is 11.1 Å². The van der Waals surface area contributed by atoms with E-state index in [1.54, 1.807) is 19.1 Å². The molecule has 0 bridgehead atoms. The number of carbonyl (C=O) groups excluding carboxylic acids is 1. The first-order valence-electron chi connectivity index (χ1n) is 7.07. The monoisotopic (exact) mass is 355 g/mol. The van der Waals surface area contributed by atoms with Gasteiger partial charge in [-0.1, -0.05) is 12.1 Å². The number of hydrogen-bond acceptors (Lipinski definition) is 4. The van der Waals surface area contributed by atoms with E-state index in [1.165, 1.54) is 20.1 Å². The fraction of sp³-hybridized carbons (Fsp3) is 0.312. The zero-order valence-electron chi connectivity index (χ0n) is 13.4. The van der Waals surface area contributed by atoms with Gasteiger partial charge >= 0.3 is 0 Å². The smallest absolute Gasteiger partial charge is 0.255 e. The van der Waals surface area contributed by atoms with Crippen molar-refractivity contribution >= 4 is 23.5 Å². The molecule has 1 aromatic heterocycles. The molecule has 0 radical (unpaired) electrons. The summed E-state index contributed by atoms with van der Waals surface area (Å²) in [5.74, 6) is -2.47. The minimum absolute atomic E-state index is 0.00878. The second kappa shape index (κ2) is 7.53. The van der Waals surface area contributed by atoms with E-state index in [4.69, 9.17) is 16.3 Å². The van der Waals surface area contributed by atoms with Gasteiger partial charge in [0.05, 0.1) is 19.3 Å². The van der Waals surface area contributed by atoms with Gasteiger partial charge in [0.25, 0.3) is 5.88 Å². The number of rotatable bonds is 5. The van der Waals surface area contributed by atoms with Crippen LogP contribution < -0.4 is 9.64 Å². The highest BCUT2D eigenvalue weighted by Gasteiger charge is 2.23. The van der Waals surface area contributed by atoms with Crippen molar-refractivity contribution in [2.75, 3.05) is 17.9 Å². The summed E-state index contributed by atoms with van der Waals surface area (Å²) in [5, 5.41) is 0. The molecule has 1 amide bonds. The fourth-order valence-electron chi connectivity index (χ4n) is 2.14. The Labute approximate surface area is 143 Å². The molecule has 1 heterocycles. The van der Waals surface area contributed by atoms with Crippen LogP contribution in [0.15, 0.2) is 18.2 Å². The Morgan fingerprint density at radius 3 is 2.58 bits per heavy atom. The number of amides is 1. The summed E-state index contributed by atoms with van der Waals surface area (Å²) in [4.78, 5) is 21.2. The van der Waals surface area contributed by atoms with Crippen molar-refractivity contribution in [2.45, 2.75) is 20.4 Å².